The molecule has 0 aromatic carbocycles. The number of Topliss-reactive ketones (excluding diaryl/α,β-unsaturated/α-hetero) is 1. The van der Waals surface area contributed by atoms with E-state index >= 15 is 0 Å². The van der Waals surface area contributed by atoms with Gasteiger partial charge in [0.15, 0.2) is 0 Å². The Labute approximate surface area is 97.6 Å². The molecule has 1 fully saturated rings. The van der Waals surface area contributed by atoms with Gasteiger partial charge in [0.25, 0.3) is 0 Å². The molecule has 0 bridgehead atoms. The summed E-state index contributed by atoms with van der Waals surface area (Å²) in [5.41, 5.74) is 1.07. The molecule has 86 valence electrons. The third-order valence-corrected chi connectivity index (χ3v) is 3.25. The monoisotopic (exact) mass is 239 g/mol. The summed E-state index contributed by atoms with van der Waals surface area (Å²) in [6.45, 7) is 1.91. The van der Waals surface area contributed by atoms with Crippen LogP contribution in [0.1, 0.15) is 36.4 Å². The van der Waals surface area contributed by atoms with Gasteiger partial charge in [-0.05, 0) is 19.8 Å². The first-order valence-electron chi connectivity index (χ1n) is 5.35. The van der Waals surface area contributed by atoms with E-state index in [4.69, 9.17) is 0 Å². The summed E-state index contributed by atoms with van der Waals surface area (Å²) >= 11 is 1.44. The van der Waals surface area contributed by atoms with Crippen molar-refractivity contribution in [3.63, 3.8) is 0 Å². The van der Waals surface area contributed by atoms with Crippen molar-refractivity contribution in [3.8, 4) is 0 Å². The molecule has 1 heterocycles. The summed E-state index contributed by atoms with van der Waals surface area (Å²) in [7, 11) is 0. The van der Waals surface area contributed by atoms with Crippen molar-refractivity contribution in [1.29, 1.82) is 0 Å². The van der Waals surface area contributed by atoms with Gasteiger partial charge >= 0.3 is 5.97 Å². The molecule has 0 N–H and O–H groups in total. The molecule has 0 unspecified atom stereocenters. The fourth-order valence-electron chi connectivity index (χ4n) is 1.39. The zero-order valence-corrected chi connectivity index (χ0v) is 9.88. The molecule has 1 aliphatic rings. The minimum Gasteiger partial charge on any atom is -0.460 e. The van der Waals surface area contributed by atoms with Gasteiger partial charge in [0, 0.05) is 11.3 Å². The number of ketones is 1. The molecule has 0 radical (unpaired) electrons. The molecule has 0 aliphatic heterocycles. The second-order valence-corrected chi connectivity index (χ2v) is 4.70. The van der Waals surface area contributed by atoms with Crippen molar-refractivity contribution < 1.29 is 14.3 Å². The van der Waals surface area contributed by atoms with E-state index in [0.29, 0.717) is 10.9 Å². The Balaban J connectivity index is 1.92. The Bertz CT molecular complexity index is 409. The second-order valence-electron chi connectivity index (χ2n) is 3.76. The van der Waals surface area contributed by atoms with Gasteiger partial charge in [-0.1, -0.05) is 0 Å². The largest absolute Gasteiger partial charge is 0.460 e. The molecule has 1 aliphatic carbocycles. The second kappa shape index (κ2) is 4.74. The average Bonchev–Trinajstić information content (AvgIpc) is 3.01. The molecular weight excluding hydrogens is 226 g/mol. The first-order chi connectivity index (χ1) is 7.70. The quantitative estimate of drug-likeness (QED) is 0.579. The van der Waals surface area contributed by atoms with Crippen LogP contribution in [0.2, 0.25) is 0 Å². The molecule has 1 aromatic rings. The van der Waals surface area contributed by atoms with Crippen LogP contribution in [0.4, 0.5) is 0 Å². The van der Waals surface area contributed by atoms with Crippen molar-refractivity contribution in [2.75, 3.05) is 6.61 Å². The van der Waals surface area contributed by atoms with Gasteiger partial charge in [0.05, 0.1) is 18.7 Å². The number of thiazole rings is 1. The van der Waals surface area contributed by atoms with Crippen LogP contribution >= 0.6 is 11.3 Å². The number of esters is 1. The summed E-state index contributed by atoms with van der Waals surface area (Å²) in [6, 6.07) is 0. The standard InChI is InChI=1S/C11H13NO3S/c1-2-15-11(14)9(13)5-10-12-8(6-16-10)7-3-4-7/h6-7H,2-5H2,1H3. The van der Waals surface area contributed by atoms with Gasteiger partial charge in [-0.15, -0.1) is 11.3 Å². The molecule has 1 saturated carbocycles. The highest BCUT2D eigenvalue weighted by molar-refractivity contribution is 7.09. The van der Waals surface area contributed by atoms with E-state index in [9.17, 15) is 9.59 Å². The van der Waals surface area contributed by atoms with E-state index in [1.807, 2.05) is 5.38 Å². The van der Waals surface area contributed by atoms with Gasteiger partial charge < -0.3 is 4.74 Å². The maximum atomic E-state index is 11.4. The number of carbonyl (C=O) groups is 2. The highest BCUT2D eigenvalue weighted by atomic mass is 32.1. The molecule has 0 atom stereocenters. The first-order valence-corrected chi connectivity index (χ1v) is 6.23. The van der Waals surface area contributed by atoms with Gasteiger partial charge in [-0.2, -0.15) is 0 Å². The van der Waals surface area contributed by atoms with Crippen LogP contribution in [0.3, 0.4) is 0 Å². The number of rotatable bonds is 5. The van der Waals surface area contributed by atoms with E-state index in [-0.39, 0.29) is 13.0 Å². The molecular formula is C11H13NO3S. The lowest BCUT2D eigenvalue weighted by Crippen LogP contribution is -2.19. The van der Waals surface area contributed by atoms with E-state index < -0.39 is 11.8 Å². The number of aromatic nitrogens is 1. The Morgan fingerprint density at radius 2 is 2.31 bits per heavy atom. The van der Waals surface area contributed by atoms with Gasteiger partial charge in [0.2, 0.25) is 5.78 Å². The van der Waals surface area contributed by atoms with Crippen LogP contribution in [-0.4, -0.2) is 23.3 Å². The molecule has 0 amide bonds. The van der Waals surface area contributed by atoms with Crippen molar-refractivity contribution in [2.24, 2.45) is 0 Å². The highest BCUT2D eigenvalue weighted by Crippen LogP contribution is 2.40. The summed E-state index contributed by atoms with van der Waals surface area (Å²) < 4.78 is 4.63. The average molecular weight is 239 g/mol. The summed E-state index contributed by atoms with van der Waals surface area (Å²) in [5.74, 6) is -0.688. The number of ether oxygens (including phenoxy) is 1. The summed E-state index contributed by atoms with van der Waals surface area (Å²) in [4.78, 5) is 26.8. The number of carbonyl (C=O) groups excluding carboxylic acids is 2. The maximum absolute atomic E-state index is 11.4. The fraction of sp³-hybridized carbons (Fsp3) is 0.545. The Hall–Kier alpha value is -1.23. The zero-order valence-electron chi connectivity index (χ0n) is 9.06. The van der Waals surface area contributed by atoms with Gasteiger partial charge in [-0.3, -0.25) is 4.79 Å². The highest BCUT2D eigenvalue weighted by Gasteiger charge is 2.26. The number of hydrogen-bond acceptors (Lipinski definition) is 5. The van der Waals surface area contributed by atoms with Crippen molar-refractivity contribution >= 4 is 23.1 Å². The molecule has 16 heavy (non-hydrogen) atoms. The molecule has 5 heteroatoms. The third kappa shape index (κ3) is 2.66. The van der Waals surface area contributed by atoms with Crippen molar-refractivity contribution in [1.82, 2.24) is 4.98 Å². The fourth-order valence-corrected chi connectivity index (χ4v) is 2.27. The molecule has 0 spiro atoms. The Kier molecular flexibility index (Phi) is 3.33. The zero-order chi connectivity index (χ0) is 11.5. The predicted octanol–water partition coefficient (Wildman–Crippen LogP) is 1.70. The molecule has 1 aromatic heterocycles. The van der Waals surface area contributed by atoms with E-state index in [2.05, 4.69) is 9.72 Å². The van der Waals surface area contributed by atoms with E-state index in [1.54, 1.807) is 6.92 Å². The Morgan fingerprint density at radius 3 is 2.94 bits per heavy atom. The van der Waals surface area contributed by atoms with Crippen LogP contribution in [-0.2, 0) is 20.7 Å². The minimum atomic E-state index is -0.759. The van der Waals surface area contributed by atoms with Crippen molar-refractivity contribution in [2.45, 2.75) is 32.1 Å². The minimum absolute atomic E-state index is 0.0657. The topological polar surface area (TPSA) is 56.3 Å². The predicted molar refractivity (Wildman–Crippen MR) is 59.4 cm³/mol. The third-order valence-electron chi connectivity index (χ3n) is 2.38. The smallest absolute Gasteiger partial charge is 0.375 e. The summed E-state index contributed by atoms with van der Waals surface area (Å²) in [6.07, 6.45) is 2.44. The lowest BCUT2D eigenvalue weighted by molar-refractivity contribution is -0.153. The summed E-state index contributed by atoms with van der Waals surface area (Å²) in [5, 5.41) is 2.69. The SMILES string of the molecule is CCOC(=O)C(=O)Cc1nc(C2CC2)cs1. The van der Waals surface area contributed by atoms with Crippen LogP contribution in [0.25, 0.3) is 0 Å². The Morgan fingerprint density at radius 1 is 1.56 bits per heavy atom. The molecule has 4 nitrogen and oxygen atoms in total. The number of hydrogen-bond donors (Lipinski definition) is 0. The molecule has 2 rings (SSSR count). The van der Waals surface area contributed by atoms with Crippen LogP contribution in [0, 0.1) is 0 Å². The van der Waals surface area contributed by atoms with Gasteiger partial charge in [0.1, 0.15) is 5.01 Å². The lowest BCUT2D eigenvalue weighted by atomic mass is 10.3. The van der Waals surface area contributed by atoms with E-state index in [1.165, 1.54) is 24.2 Å². The first kappa shape index (κ1) is 11.3. The molecule has 0 saturated heterocycles. The number of nitrogens with zero attached hydrogens (tertiary/aromatic N) is 1. The normalized spacial score (nSPS) is 14.8. The van der Waals surface area contributed by atoms with E-state index in [0.717, 1.165) is 5.69 Å². The van der Waals surface area contributed by atoms with Crippen molar-refractivity contribution in [3.05, 3.63) is 16.1 Å². The lowest BCUT2D eigenvalue weighted by Gasteiger charge is -1.98. The van der Waals surface area contributed by atoms with Gasteiger partial charge in [-0.25, -0.2) is 9.78 Å². The van der Waals surface area contributed by atoms with Crippen LogP contribution in [0.5, 0.6) is 0 Å². The van der Waals surface area contributed by atoms with Crippen LogP contribution < -0.4 is 0 Å². The maximum Gasteiger partial charge on any atom is 0.375 e. The van der Waals surface area contributed by atoms with Crippen LogP contribution in [0.15, 0.2) is 5.38 Å².